The molecule has 0 aliphatic carbocycles. The Hall–Kier alpha value is -2.26. The van der Waals surface area contributed by atoms with Gasteiger partial charge in [-0.15, -0.1) is 0 Å². The Bertz CT molecular complexity index is 772. The number of carbonyl (C=O) groups is 2. The smallest absolute Gasteiger partial charge is 0.308 e. The Labute approximate surface area is 172 Å². The molecule has 0 bridgehead atoms. The Morgan fingerprint density at radius 2 is 1.93 bits per heavy atom. The zero-order valence-electron chi connectivity index (χ0n) is 17.7. The Morgan fingerprint density at radius 1 is 1.34 bits per heavy atom. The molecule has 9 heteroatoms. The summed E-state index contributed by atoms with van der Waals surface area (Å²) < 4.78 is 7.12. The van der Waals surface area contributed by atoms with Crippen LogP contribution in [0.3, 0.4) is 0 Å². The minimum Gasteiger partial charge on any atom is -0.461 e. The first kappa shape index (κ1) is 23.0. The SMILES string of the molecule is CC(C)(C)[Si](C)(C)N1C(=O)CC1CC(O)CC(=O)OCc1ccc([N+](=O)[O-])cc1. The number of hydrogen-bond acceptors (Lipinski definition) is 6. The average molecular weight is 423 g/mol. The summed E-state index contributed by atoms with van der Waals surface area (Å²) in [4.78, 5) is 34.4. The number of nitro groups is 1. The van der Waals surface area contributed by atoms with Crippen LogP contribution in [0.1, 0.15) is 45.6 Å². The first-order chi connectivity index (χ1) is 13.3. The van der Waals surface area contributed by atoms with Crippen LogP contribution in [0.4, 0.5) is 5.69 Å². The molecule has 1 aromatic rings. The standard InChI is InChI=1S/C20H30N2O6Si/c1-20(2,3)29(4,5)21-16(11-18(21)24)10-17(23)12-19(25)28-13-14-6-8-15(9-7-14)22(26)27/h6-9,16-17,23H,10-13H2,1-5H3. The predicted octanol–water partition coefficient (Wildman–Crippen LogP) is 3.39. The molecular weight excluding hydrogens is 392 g/mol. The number of nitrogens with zero attached hydrogens (tertiary/aromatic N) is 2. The average Bonchev–Trinajstić information content (AvgIpc) is 2.58. The predicted molar refractivity (Wildman–Crippen MR) is 111 cm³/mol. The van der Waals surface area contributed by atoms with Gasteiger partial charge in [0, 0.05) is 24.6 Å². The number of aliphatic hydroxyl groups excluding tert-OH is 1. The number of benzene rings is 1. The molecule has 1 aliphatic heterocycles. The highest BCUT2D eigenvalue weighted by atomic mass is 28.3. The summed E-state index contributed by atoms with van der Waals surface area (Å²) in [6, 6.07) is 5.71. The van der Waals surface area contributed by atoms with Gasteiger partial charge in [0.15, 0.2) is 8.24 Å². The molecule has 160 valence electrons. The lowest BCUT2D eigenvalue weighted by Gasteiger charge is -2.55. The number of ether oxygens (including phenoxy) is 1. The van der Waals surface area contributed by atoms with Crippen molar-refractivity contribution in [1.29, 1.82) is 0 Å². The van der Waals surface area contributed by atoms with Gasteiger partial charge in [-0.1, -0.05) is 33.9 Å². The van der Waals surface area contributed by atoms with E-state index < -0.39 is 25.2 Å². The maximum atomic E-state index is 12.2. The zero-order valence-corrected chi connectivity index (χ0v) is 18.7. The number of aliphatic hydroxyl groups is 1. The fourth-order valence-corrected chi connectivity index (χ4v) is 5.87. The quantitative estimate of drug-likeness (QED) is 0.226. The minimum atomic E-state index is -2.02. The van der Waals surface area contributed by atoms with E-state index >= 15 is 0 Å². The number of esters is 1. The molecule has 1 N–H and O–H groups in total. The van der Waals surface area contributed by atoms with E-state index in [4.69, 9.17) is 4.74 Å². The molecule has 1 fully saturated rings. The molecule has 1 saturated heterocycles. The number of carbonyl (C=O) groups excluding carboxylic acids is 2. The maximum Gasteiger partial charge on any atom is 0.308 e. The van der Waals surface area contributed by atoms with Gasteiger partial charge >= 0.3 is 5.97 Å². The molecule has 2 atom stereocenters. The van der Waals surface area contributed by atoms with Crippen LogP contribution >= 0.6 is 0 Å². The molecule has 1 heterocycles. The van der Waals surface area contributed by atoms with E-state index in [0.29, 0.717) is 18.4 Å². The molecule has 1 aromatic carbocycles. The number of nitro benzene ring substituents is 1. The zero-order chi connectivity index (χ0) is 22.0. The number of amides is 1. The Morgan fingerprint density at radius 3 is 2.41 bits per heavy atom. The van der Waals surface area contributed by atoms with E-state index in [-0.39, 0.29) is 35.7 Å². The summed E-state index contributed by atoms with van der Waals surface area (Å²) in [5.74, 6) is -0.421. The molecule has 0 saturated carbocycles. The van der Waals surface area contributed by atoms with Crippen LogP contribution < -0.4 is 0 Å². The number of rotatable bonds is 8. The summed E-state index contributed by atoms with van der Waals surface area (Å²) in [6.45, 7) is 10.7. The second-order valence-electron chi connectivity index (χ2n) is 9.11. The van der Waals surface area contributed by atoms with Gasteiger partial charge in [0.05, 0.1) is 17.4 Å². The summed E-state index contributed by atoms with van der Waals surface area (Å²) in [5, 5.41) is 21.0. The van der Waals surface area contributed by atoms with Crippen LogP contribution in [0.5, 0.6) is 0 Å². The van der Waals surface area contributed by atoms with Crippen molar-refractivity contribution in [3.05, 3.63) is 39.9 Å². The third-order valence-electron chi connectivity index (χ3n) is 5.98. The van der Waals surface area contributed by atoms with Gasteiger partial charge in [-0.05, 0) is 29.2 Å². The van der Waals surface area contributed by atoms with E-state index in [1.54, 1.807) is 0 Å². The van der Waals surface area contributed by atoms with Crippen molar-refractivity contribution in [2.24, 2.45) is 0 Å². The van der Waals surface area contributed by atoms with Gasteiger partial charge in [-0.3, -0.25) is 19.7 Å². The van der Waals surface area contributed by atoms with Crippen LogP contribution in [0, 0.1) is 10.1 Å². The Balaban J connectivity index is 1.84. The van der Waals surface area contributed by atoms with Crippen LogP contribution in [0.2, 0.25) is 18.1 Å². The highest BCUT2D eigenvalue weighted by Gasteiger charge is 2.51. The maximum absolute atomic E-state index is 12.2. The van der Waals surface area contributed by atoms with Gasteiger partial charge in [-0.25, -0.2) is 0 Å². The largest absolute Gasteiger partial charge is 0.461 e. The van der Waals surface area contributed by atoms with Gasteiger partial charge in [0.2, 0.25) is 5.91 Å². The van der Waals surface area contributed by atoms with Crippen molar-refractivity contribution in [2.75, 3.05) is 0 Å². The minimum absolute atomic E-state index is 0.00989. The molecule has 0 aromatic heterocycles. The van der Waals surface area contributed by atoms with Crippen molar-refractivity contribution in [3.63, 3.8) is 0 Å². The molecule has 8 nitrogen and oxygen atoms in total. The second kappa shape index (κ2) is 8.62. The molecule has 2 unspecified atom stereocenters. The van der Waals surface area contributed by atoms with Crippen molar-refractivity contribution in [2.45, 2.75) is 76.9 Å². The van der Waals surface area contributed by atoms with Gasteiger partial charge in [0.25, 0.3) is 5.69 Å². The molecule has 1 aliphatic rings. The topological polar surface area (TPSA) is 110 Å². The highest BCUT2D eigenvalue weighted by molar-refractivity contribution is 6.79. The summed E-state index contributed by atoms with van der Waals surface area (Å²) in [5.41, 5.74) is 0.601. The van der Waals surface area contributed by atoms with Crippen LogP contribution in [-0.4, -0.2) is 46.9 Å². The summed E-state index contributed by atoms with van der Waals surface area (Å²) >= 11 is 0. The van der Waals surface area contributed by atoms with E-state index in [0.717, 1.165) is 0 Å². The number of hydrogen-bond donors (Lipinski definition) is 1. The lowest BCUT2D eigenvalue weighted by molar-refractivity contribution is -0.384. The number of β-lactam (4-membered cyclic amide) rings is 1. The van der Waals surface area contributed by atoms with Crippen LogP contribution in [0.15, 0.2) is 24.3 Å². The lowest BCUT2D eigenvalue weighted by Crippen LogP contribution is -2.68. The van der Waals surface area contributed by atoms with Crippen LogP contribution in [-0.2, 0) is 20.9 Å². The molecule has 29 heavy (non-hydrogen) atoms. The molecule has 0 spiro atoms. The van der Waals surface area contributed by atoms with Gasteiger partial charge in [0.1, 0.15) is 6.61 Å². The monoisotopic (exact) mass is 422 g/mol. The van der Waals surface area contributed by atoms with E-state index in [9.17, 15) is 24.8 Å². The second-order valence-corrected chi connectivity index (χ2v) is 14.2. The third kappa shape index (κ3) is 5.42. The van der Waals surface area contributed by atoms with E-state index in [2.05, 4.69) is 33.9 Å². The number of non-ortho nitro benzene ring substituents is 1. The van der Waals surface area contributed by atoms with Crippen LogP contribution in [0.25, 0.3) is 0 Å². The summed E-state index contributed by atoms with van der Waals surface area (Å²) in [7, 11) is -2.02. The molecular formula is C20H30N2O6Si. The lowest BCUT2D eigenvalue weighted by atomic mass is 9.98. The van der Waals surface area contributed by atoms with Gasteiger partial charge < -0.3 is 14.4 Å². The highest BCUT2D eigenvalue weighted by Crippen LogP contribution is 2.43. The van der Waals surface area contributed by atoms with Crippen molar-refractivity contribution in [1.82, 2.24) is 4.57 Å². The third-order valence-corrected chi connectivity index (χ3v) is 11.5. The first-order valence-corrected chi connectivity index (χ1v) is 12.7. The van der Waals surface area contributed by atoms with Crippen molar-refractivity contribution < 1.29 is 24.4 Å². The summed E-state index contributed by atoms with van der Waals surface area (Å²) in [6.07, 6.45) is -0.278. The van der Waals surface area contributed by atoms with Crippen molar-refractivity contribution in [3.8, 4) is 0 Å². The van der Waals surface area contributed by atoms with Crippen molar-refractivity contribution >= 4 is 25.8 Å². The first-order valence-electron chi connectivity index (χ1n) is 9.72. The van der Waals surface area contributed by atoms with E-state index in [1.807, 2.05) is 4.57 Å². The fourth-order valence-electron chi connectivity index (χ4n) is 3.33. The normalized spacial score (nSPS) is 18.2. The van der Waals surface area contributed by atoms with E-state index in [1.165, 1.54) is 24.3 Å². The van der Waals surface area contributed by atoms with Gasteiger partial charge in [-0.2, -0.15) is 0 Å². The molecule has 0 radical (unpaired) electrons. The molecule has 1 amide bonds. The Kier molecular flexibility index (Phi) is 6.84. The molecule has 2 rings (SSSR count). The fraction of sp³-hybridized carbons (Fsp3) is 0.600.